The molecule has 0 saturated heterocycles. The molecular weight excluding hydrogens is 222 g/mol. The van der Waals surface area contributed by atoms with Crippen LogP contribution < -0.4 is 5.73 Å². The van der Waals surface area contributed by atoms with Gasteiger partial charge in [-0.15, -0.1) is 0 Å². The van der Waals surface area contributed by atoms with Crippen molar-refractivity contribution in [3.8, 4) is 11.8 Å². The summed E-state index contributed by atoms with van der Waals surface area (Å²) in [7, 11) is 0. The van der Waals surface area contributed by atoms with Crippen LogP contribution in [-0.2, 0) is 0 Å². The van der Waals surface area contributed by atoms with E-state index in [1.165, 1.54) is 12.8 Å². The van der Waals surface area contributed by atoms with Gasteiger partial charge in [-0.3, -0.25) is 0 Å². The summed E-state index contributed by atoms with van der Waals surface area (Å²) in [5.74, 6) is 6.77. The van der Waals surface area contributed by atoms with Crippen molar-refractivity contribution < 1.29 is 4.42 Å². The Labute approximate surface area is 108 Å². The number of rotatable bonds is 4. The molecule has 1 unspecified atom stereocenters. The van der Waals surface area contributed by atoms with E-state index >= 15 is 0 Å². The maximum Gasteiger partial charge on any atom is 0.178 e. The van der Waals surface area contributed by atoms with Crippen molar-refractivity contribution in [2.75, 3.05) is 0 Å². The van der Waals surface area contributed by atoms with E-state index < -0.39 is 0 Å². The van der Waals surface area contributed by atoms with Gasteiger partial charge < -0.3 is 10.2 Å². The maximum atomic E-state index is 5.94. The molecule has 2 rings (SSSR count). The zero-order valence-electron chi connectivity index (χ0n) is 10.8. The molecule has 0 aliphatic rings. The van der Waals surface area contributed by atoms with Crippen LogP contribution >= 0.6 is 0 Å². The molecule has 0 aliphatic heterocycles. The van der Waals surface area contributed by atoms with E-state index in [9.17, 15) is 0 Å². The summed E-state index contributed by atoms with van der Waals surface area (Å²) in [4.78, 5) is 0. The number of furan rings is 1. The van der Waals surface area contributed by atoms with Gasteiger partial charge >= 0.3 is 0 Å². The molecule has 0 spiro atoms. The average Bonchev–Trinajstić information content (AvgIpc) is 2.79. The van der Waals surface area contributed by atoms with Crippen LogP contribution in [0.3, 0.4) is 0 Å². The Morgan fingerprint density at radius 3 is 2.89 bits per heavy atom. The lowest BCUT2D eigenvalue weighted by Crippen LogP contribution is -2.16. The second-order valence-corrected chi connectivity index (χ2v) is 4.52. The van der Waals surface area contributed by atoms with Gasteiger partial charge in [-0.2, -0.15) is 0 Å². The molecule has 18 heavy (non-hydrogen) atoms. The maximum absolute atomic E-state index is 5.94. The van der Waals surface area contributed by atoms with Crippen molar-refractivity contribution in [3.05, 3.63) is 36.1 Å². The predicted octanol–water partition coefficient (Wildman–Crippen LogP) is 3.69. The average molecular weight is 241 g/mol. The van der Waals surface area contributed by atoms with E-state index in [1.54, 1.807) is 0 Å². The third-order valence-electron chi connectivity index (χ3n) is 2.92. The van der Waals surface area contributed by atoms with Crippen LogP contribution in [0.5, 0.6) is 0 Å². The summed E-state index contributed by atoms with van der Waals surface area (Å²) >= 11 is 0. The molecular formula is C16H19NO. The third-order valence-corrected chi connectivity index (χ3v) is 2.92. The minimum Gasteiger partial charge on any atom is -0.448 e. The largest absolute Gasteiger partial charge is 0.448 e. The zero-order chi connectivity index (χ0) is 12.8. The summed E-state index contributed by atoms with van der Waals surface area (Å²) in [6.07, 6.45) is 4.54. The standard InChI is InChI=1S/C16H19NO/c1-2-3-4-8-14(17)10-11-15-12-13-7-5-6-9-16(13)18-15/h5-7,9,12,14H,2-4,8,17H2,1H3. The quantitative estimate of drug-likeness (QED) is 0.655. The number of nitrogens with two attached hydrogens (primary N) is 1. The van der Waals surface area contributed by atoms with Crippen molar-refractivity contribution in [1.29, 1.82) is 0 Å². The van der Waals surface area contributed by atoms with E-state index in [0.29, 0.717) is 5.76 Å². The Hall–Kier alpha value is -1.72. The first-order chi connectivity index (χ1) is 8.79. The molecule has 2 aromatic rings. The normalized spacial score (nSPS) is 12.1. The lowest BCUT2D eigenvalue weighted by Gasteiger charge is -2.01. The minimum atomic E-state index is -0.0511. The highest BCUT2D eigenvalue weighted by Gasteiger charge is 2.00. The molecule has 1 atom stereocenters. The second kappa shape index (κ2) is 6.28. The van der Waals surface area contributed by atoms with Crippen molar-refractivity contribution >= 4 is 11.0 Å². The number of para-hydroxylation sites is 1. The summed E-state index contributed by atoms with van der Waals surface area (Å²) in [6, 6.07) is 9.82. The van der Waals surface area contributed by atoms with Gasteiger partial charge in [0.05, 0.1) is 6.04 Å². The molecule has 0 aliphatic carbocycles. The fourth-order valence-electron chi connectivity index (χ4n) is 1.89. The Balaban J connectivity index is 2.00. The van der Waals surface area contributed by atoms with Gasteiger partial charge in [0.1, 0.15) is 5.58 Å². The number of unbranched alkanes of at least 4 members (excludes halogenated alkanes) is 2. The molecule has 0 radical (unpaired) electrons. The fourth-order valence-corrected chi connectivity index (χ4v) is 1.89. The van der Waals surface area contributed by atoms with E-state index in [-0.39, 0.29) is 6.04 Å². The van der Waals surface area contributed by atoms with Crippen molar-refractivity contribution in [1.82, 2.24) is 0 Å². The lowest BCUT2D eigenvalue weighted by molar-refractivity contribution is 0.600. The highest BCUT2D eigenvalue weighted by molar-refractivity contribution is 5.78. The van der Waals surface area contributed by atoms with Crippen molar-refractivity contribution in [2.45, 2.75) is 38.6 Å². The molecule has 2 nitrogen and oxygen atoms in total. The molecule has 0 amide bonds. The Morgan fingerprint density at radius 2 is 2.11 bits per heavy atom. The van der Waals surface area contributed by atoms with Crippen molar-refractivity contribution in [2.24, 2.45) is 5.73 Å². The van der Waals surface area contributed by atoms with Crippen molar-refractivity contribution in [3.63, 3.8) is 0 Å². The Kier molecular flexibility index (Phi) is 4.44. The minimum absolute atomic E-state index is 0.0511. The summed E-state index contributed by atoms with van der Waals surface area (Å²) in [5.41, 5.74) is 6.82. The van der Waals surface area contributed by atoms with Gasteiger partial charge in [-0.25, -0.2) is 0 Å². The predicted molar refractivity (Wildman–Crippen MR) is 75.2 cm³/mol. The van der Waals surface area contributed by atoms with E-state index in [4.69, 9.17) is 10.2 Å². The van der Waals surface area contributed by atoms with Crippen LogP contribution in [0.2, 0.25) is 0 Å². The van der Waals surface area contributed by atoms with E-state index in [2.05, 4.69) is 18.8 Å². The zero-order valence-corrected chi connectivity index (χ0v) is 10.8. The van der Waals surface area contributed by atoms with Crippen LogP contribution in [-0.4, -0.2) is 6.04 Å². The van der Waals surface area contributed by atoms with Crippen LogP contribution in [0.4, 0.5) is 0 Å². The van der Waals surface area contributed by atoms with E-state index in [1.807, 2.05) is 30.3 Å². The van der Waals surface area contributed by atoms with Gasteiger partial charge in [0.15, 0.2) is 5.76 Å². The Morgan fingerprint density at radius 1 is 1.28 bits per heavy atom. The van der Waals surface area contributed by atoms with Crippen LogP contribution in [0.1, 0.15) is 38.4 Å². The lowest BCUT2D eigenvalue weighted by atomic mass is 10.1. The van der Waals surface area contributed by atoms with Gasteiger partial charge in [0.25, 0.3) is 0 Å². The van der Waals surface area contributed by atoms with Gasteiger partial charge in [-0.1, -0.05) is 50.3 Å². The molecule has 2 heteroatoms. The highest BCUT2D eigenvalue weighted by atomic mass is 16.3. The molecule has 1 aromatic carbocycles. The third kappa shape index (κ3) is 3.38. The van der Waals surface area contributed by atoms with Crippen LogP contribution in [0, 0.1) is 11.8 Å². The van der Waals surface area contributed by atoms with Crippen LogP contribution in [0.25, 0.3) is 11.0 Å². The SMILES string of the molecule is CCCCCC(N)C#Cc1cc2ccccc2o1. The molecule has 0 fully saturated rings. The van der Waals surface area contributed by atoms with Crippen LogP contribution in [0.15, 0.2) is 34.7 Å². The molecule has 1 heterocycles. The number of hydrogen-bond acceptors (Lipinski definition) is 2. The molecule has 0 saturated carbocycles. The smallest absolute Gasteiger partial charge is 0.178 e. The van der Waals surface area contributed by atoms with E-state index in [0.717, 1.165) is 23.8 Å². The van der Waals surface area contributed by atoms with Gasteiger partial charge in [-0.05, 0) is 18.4 Å². The molecule has 1 aromatic heterocycles. The Bertz CT molecular complexity index is 526. The number of benzene rings is 1. The monoisotopic (exact) mass is 241 g/mol. The number of hydrogen-bond donors (Lipinski definition) is 1. The first-order valence-electron chi connectivity index (χ1n) is 6.55. The molecule has 0 bridgehead atoms. The fraction of sp³-hybridized carbons (Fsp3) is 0.375. The summed E-state index contributed by atoms with van der Waals surface area (Å²) in [6.45, 7) is 2.19. The second-order valence-electron chi connectivity index (χ2n) is 4.52. The summed E-state index contributed by atoms with van der Waals surface area (Å²) in [5, 5.41) is 1.08. The van der Waals surface area contributed by atoms with Gasteiger partial charge in [0.2, 0.25) is 0 Å². The highest BCUT2D eigenvalue weighted by Crippen LogP contribution is 2.17. The summed E-state index contributed by atoms with van der Waals surface area (Å²) < 4.78 is 5.61. The number of fused-ring (bicyclic) bond motifs is 1. The first-order valence-corrected chi connectivity index (χ1v) is 6.55. The first kappa shape index (κ1) is 12.7. The molecule has 94 valence electrons. The van der Waals surface area contributed by atoms with Gasteiger partial charge in [0, 0.05) is 11.5 Å². The molecule has 2 N–H and O–H groups in total. The topological polar surface area (TPSA) is 39.2 Å².